The smallest absolute Gasteiger partial charge is 0.427 e. The highest BCUT2D eigenvalue weighted by atomic mass is 35.5. The van der Waals surface area contributed by atoms with Gasteiger partial charge >= 0.3 is 12.1 Å². The van der Waals surface area contributed by atoms with E-state index in [2.05, 4.69) is 15.0 Å². The largest absolute Gasteiger partial charge is 0.478 e. The summed E-state index contributed by atoms with van der Waals surface area (Å²) in [6.07, 6.45) is -3.31. The van der Waals surface area contributed by atoms with Crippen LogP contribution in [0, 0.1) is 11.6 Å². The summed E-state index contributed by atoms with van der Waals surface area (Å²) in [7, 11) is 0. The molecule has 1 unspecified atom stereocenters. The van der Waals surface area contributed by atoms with E-state index in [1.54, 1.807) is 4.57 Å². The van der Waals surface area contributed by atoms with E-state index in [0.717, 1.165) is 18.6 Å². The fourth-order valence-electron chi connectivity index (χ4n) is 4.70. The quantitative estimate of drug-likeness (QED) is 0.169. The number of aromatic nitrogens is 4. The summed E-state index contributed by atoms with van der Waals surface area (Å²) in [5.74, 6) is -2.37. The predicted molar refractivity (Wildman–Crippen MR) is 150 cm³/mol. The van der Waals surface area contributed by atoms with Gasteiger partial charge in [-0.3, -0.25) is 0 Å². The van der Waals surface area contributed by atoms with Gasteiger partial charge in [0.2, 0.25) is 5.88 Å². The lowest BCUT2D eigenvalue weighted by Gasteiger charge is -2.27. The molecule has 228 valence electrons. The van der Waals surface area contributed by atoms with Crippen LogP contribution in [0.2, 0.25) is 5.02 Å². The van der Waals surface area contributed by atoms with Gasteiger partial charge in [0.25, 0.3) is 0 Å². The van der Waals surface area contributed by atoms with Crippen LogP contribution in [0.1, 0.15) is 38.1 Å². The molecule has 15 heteroatoms. The monoisotopic (exact) mass is 650 g/mol. The van der Waals surface area contributed by atoms with Crippen LogP contribution in [0.15, 0.2) is 48.7 Å². The molecule has 0 saturated carbocycles. The molecular formula is C29H20ClF5N4O4S. The number of halogens is 6. The lowest BCUT2D eigenvalue weighted by molar-refractivity contribution is -0.134. The van der Waals surface area contributed by atoms with Crippen LogP contribution in [0.4, 0.5) is 22.0 Å². The Hall–Kier alpha value is -4.14. The number of pyridine rings is 1. The zero-order valence-electron chi connectivity index (χ0n) is 22.4. The maximum Gasteiger partial charge on any atom is 0.427 e. The summed E-state index contributed by atoms with van der Waals surface area (Å²) in [5, 5.41) is 9.68. The molecule has 1 aliphatic rings. The van der Waals surface area contributed by atoms with Crippen molar-refractivity contribution < 1.29 is 41.3 Å². The van der Waals surface area contributed by atoms with Crippen LogP contribution in [-0.4, -0.2) is 43.3 Å². The van der Waals surface area contributed by atoms with E-state index in [1.807, 2.05) is 0 Å². The molecule has 0 amide bonds. The summed E-state index contributed by atoms with van der Waals surface area (Å²) in [4.78, 5) is 23.2. The first-order chi connectivity index (χ1) is 21.0. The zero-order chi connectivity index (χ0) is 31.2. The Morgan fingerprint density at radius 3 is 2.64 bits per heavy atom. The van der Waals surface area contributed by atoms with Gasteiger partial charge in [-0.2, -0.15) is 13.2 Å². The van der Waals surface area contributed by atoms with E-state index in [0.29, 0.717) is 47.5 Å². The molecule has 44 heavy (non-hydrogen) atoms. The van der Waals surface area contributed by atoms with Gasteiger partial charge in [-0.1, -0.05) is 17.7 Å². The molecule has 3 aromatic heterocycles. The molecule has 0 bridgehead atoms. The Morgan fingerprint density at radius 2 is 1.95 bits per heavy atom. The molecule has 2 aromatic carbocycles. The first-order valence-corrected chi connectivity index (χ1v) is 14.3. The number of carbonyl (C=O) groups is 1. The molecule has 0 radical (unpaired) electrons. The van der Waals surface area contributed by atoms with E-state index in [-0.39, 0.29) is 57.4 Å². The fourth-order valence-corrected chi connectivity index (χ4v) is 5.66. The lowest BCUT2D eigenvalue weighted by atomic mass is 10.0. The van der Waals surface area contributed by atoms with Crippen molar-refractivity contribution in [1.29, 1.82) is 0 Å². The van der Waals surface area contributed by atoms with Crippen LogP contribution in [-0.2, 0) is 30.5 Å². The van der Waals surface area contributed by atoms with Gasteiger partial charge in [0.1, 0.15) is 39.5 Å². The second kappa shape index (κ2) is 11.7. The maximum atomic E-state index is 15.5. The van der Waals surface area contributed by atoms with E-state index in [9.17, 15) is 23.1 Å². The number of thiazole rings is 1. The highest BCUT2D eigenvalue weighted by molar-refractivity contribution is 7.11. The number of ether oxygens (including phenoxy) is 2. The number of imidazole rings is 1. The molecule has 0 aliphatic carbocycles. The third kappa shape index (κ3) is 6.10. The van der Waals surface area contributed by atoms with Crippen molar-refractivity contribution in [1.82, 2.24) is 19.5 Å². The molecule has 8 nitrogen and oxygen atoms in total. The fraction of sp³-hybridized carbons (Fsp3) is 0.241. The second-order valence-electron chi connectivity index (χ2n) is 9.92. The van der Waals surface area contributed by atoms with Gasteiger partial charge in [-0.25, -0.2) is 28.5 Å². The number of nitrogens with zero attached hydrogens (tertiary/aromatic N) is 4. The van der Waals surface area contributed by atoms with Crippen LogP contribution < -0.4 is 4.74 Å². The van der Waals surface area contributed by atoms with Crippen molar-refractivity contribution in [2.45, 2.75) is 38.3 Å². The van der Waals surface area contributed by atoms with Gasteiger partial charge in [-0.15, -0.1) is 11.3 Å². The van der Waals surface area contributed by atoms with Gasteiger partial charge in [-0.05, 0) is 42.3 Å². The van der Waals surface area contributed by atoms with Crippen molar-refractivity contribution in [3.63, 3.8) is 0 Å². The van der Waals surface area contributed by atoms with E-state index in [4.69, 9.17) is 21.1 Å². The standard InChI is InChI=1S/C29H20ClF5N4O4S/c30-18-6-15(28(40)41)8-22-27(18)38-24(39(22)12-16-4-5-42-16)9-14-7-20(32)17(10-19(14)31)21-2-1-3-25(37-21)43-13-26-36-11-23(44-26)29(33,34)35/h1-3,6-8,10-11,16H,4-5,9,12-13H2,(H,40,41). The van der Waals surface area contributed by atoms with Crippen molar-refractivity contribution in [2.75, 3.05) is 6.61 Å². The van der Waals surface area contributed by atoms with Gasteiger partial charge in [0, 0.05) is 24.7 Å². The summed E-state index contributed by atoms with van der Waals surface area (Å²) in [5.41, 5.74) is 0.605. The number of carboxylic acid groups (broad SMARTS) is 1. The SMILES string of the molecule is O=C(O)c1cc(Cl)c2nc(Cc3cc(F)c(-c4cccc(OCc5ncc(C(F)(F)F)s5)n4)cc3F)n(CC3CCO3)c2c1. The minimum Gasteiger partial charge on any atom is -0.478 e. The number of rotatable bonds is 9. The van der Waals surface area contributed by atoms with Gasteiger partial charge in [0.15, 0.2) is 0 Å². The van der Waals surface area contributed by atoms with Crippen molar-refractivity contribution in [3.8, 4) is 17.1 Å². The summed E-state index contributed by atoms with van der Waals surface area (Å²) in [6.45, 7) is 0.611. The number of hydrogen-bond donors (Lipinski definition) is 1. The number of carboxylic acids is 1. The predicted octanol–water partition coefficient (Wildman–Crippen LogP) is 7.16. The molecule has 5 aromatic rings. The van der Waals surface area contributed by atoms with E-state index < -0.39 is 28.7 Å². The van der Waals surface area contributed by atoms with Crippen LogP contribution >= 0.6 is 22.9 Å². The lowest BCUT2D eigenvalue weighted by Crippen LogP contribution is -2.31. The van der Waals surface area contributed by atoms with Crippen molar-refractivity contribution in [3.05, 3.63) is 92.2 Å². The van der Waals surface area contributed by atoms with E-state index in [1.165, 1.54) is 30.3 Å². The second-order valence-corrected chi connectivity index (χ2v) is 11.4. The zero-order valence-corrected chi connectivity index (χ0v) is 23.9. The first kappa shape index (κ1) is 29.9. The highest BCUT2D eigenvalue weighted by Gasteiger charge is 2.33. The Bertz CT molecular complexity index is 1890. The number of aromatic carboxylic acids is 1. The average molecular weight is 651 g/mol. The molecule has 0 spiro atoms. The van der Waals surface area contributed by atoms with E-state index >= 15 is 8.78 Å². The summed E-state index contributed by atoms with van der Waals surface area (Å²) < 4.78 is 82.1. The molecule has 1 N–H and O–H groups in total. The number of fused-ring (bicyclic) bond motifs is 1. The number of alkyl halides is 3. The van der Waals surface area contributed by atoms with Gasteiger partial charge in [0.05, 0.1) is 40.6 Å². The van der Waals surface area contributed by atoms with Crippen LogP contribution in [0.25, 0.3) is 22.3 Å². The third-order valence-electron chi connectivity index (χ3n) is 6.97. The van der Waals surface area contributed by atoms with Crippen LogP contribution in [0.3, 0.4) is 0 Å². The summed E-state index contributed by atoms with van der Waals surface area (Å²) in [6, 6.07) is 9.10. The molecule has 1 aliphatic heterocycles. The Balaban J connectivity index is 1.26. The Kier molecular flexibility index (Phi) is 7.99. The highest BCUT2D eigenvalue weighted by Crippen LogP contribution is 2.34. The maximum absolute atomic E-state index is 15.5. The number of hydrogen-bond acceptors (Lipinski definition) is 7. The molecular weight excluding hydrogens is 631 g/mol. The van der Waals surface area contributed by atoms with Crippen molar-refractivity contribution >= 4 is 39.9 Å². The number of benzene rings is 2. The normalized spacial score (nSPS) is 15.0. The Morgan fingerprint density at radius 1 is 1.16 bits per heavy atom. The topological polar surface area (TPSA) is 99.4 Å². The molecule has 1 fully saturated rings. The summed E-state index contributed by atoms with van der Waals surface area (Å²) >= 11 is 6.78. The van der Waals surface area contributed by atoms with Crippen LogP contribution in [0.5, 0.6) is 5.88 Å². The minimum absolute atomic E-state index is 0.0106. The van der Waals surface area contributed by atoms with Crippen molar-refractivity contribution in [2.24, 2.45) is 0 Å². The average Bonchev–Trinajstić information content (AvgIpc) is 3.57. The minimum atomic E-state index is -4.52. The molecule has 1 atom stereocenters. The first-order valence-electron chi connectivity index (χ1n) is 13.1. The Labute approximate surface area is 254 Å². The molecule has 1 saturated heterocycles. The third-order valence-corrected chi connectivity index (χ3v) is 8.28. The molecule has 4 heterocycles. The van der Waals surface area contributed by atoms with Gasteiger partial charge < -0.3 is 19.1 Å². The molecule has 6 rings (SSSR count).